The maximum atomic E-state index is 12.2. The molecular weight excluding hydrogens is 290 g/mol. The highest BCUT2D eigenvalue weighted by Gasteiger charge is 2.28. The van der Waals surface area contributed by atoms with Crippen LogP contribution in [0.5, 0.6) is 0 Å². The van der Waals surface area contributed by atoms with Crippen LogP contribution in [0.15, 0.2) is 42.9 Å². The molecule has 0 bridgehead atoms. The molecule has 6 heteroatoms. The minimum Gasteiger partial charge on any atom is -0.328 e. The largest absolute Gasteiger partial charge is 0.328 e. The number of anilines is 1. The summed E-state index contributed by atoms with van der Waals surface area (Å²) in [6, 6.07) is 10.3. The fourth-order valence-electron chi connectivity index (χ4n) is 2.81. The maximum absolute atomic E-state index is 12.2. The number of carbonyl (C=O) groups excluding carboxylic acids is 1. The lowest BCUT2D eigenvalue weighted by Crippen LogP contribution is -2.25. The van der Waals surface area contributed by atoms with Crippen molar-refractivity contribution in [1.29, 1.82) is 5.26 Å². The van der Waals surface area contributed by atoms with Gasteiger partial charge < -0.3 is 14.8 Å². The molecule has 2 aromatic rings. The molecule has 2 atom stereocenters. The van der Waals surface area contributed by atoms with E-state index >= 15 is 0 Å². The number of hydrogen-bond donors (Lipinski definition) is 1. The lowest BCUT2D eigenvalue weighted by molar-refractivity contribution is -0.119. The number of rotatable bonds is 4. The highest BCUT2D eigenvalue weighted by Crippen LogP contribution is 2.20. The van der Waals surface area contributed by atoms with Crippen LogP contribution in [0.2, 0.25) is 0 Å². The molecule has 0 spiro atoms. The highest BCUT2D eigenvalue weighted by molar-refractivity contribution is 5.91. The van der Waals surface area contributed by atoms with Crippen LogP contribution < -0.4 is 5.32 Å². The summed E-state index contributed by atoms with van der Waals surface area (Å²) in [6.45, 7) is 3.22. The summed E-state index contributed by atoms with van der Waals surface area (Å²) in [7, 11) is 0. The molecule has 3 rings (SSSR count). The van der Waals surface area contributed by atoms with Gasteiger partial charge in [0.25, 0.3) is 0 Å². The van der Waals surface area contributed by atoms with Crippen molar-refractivity contribution in [3.05, 3.63) is 48.4 Å². The molecule has 1 fully saturated rings. The van der Waals surface area contributed by atoms with Crippen molar-refractivity contribution in [2.24, 2.45) is 5.92 Å². The molecule has 1 amide bonds. The zero-order chi connectivity index (χ0) is 16.2. The third kappa shape index (κ3) is 3.34. The van der Waals surface area contributed by atoms with Crippen LogP contribution in [-0.4, -0.2) is 33.4 Å². The molecule has 0 radical (unpaired) electrons. The second-order valence-corrected chi connectivity index (χ2v) is 5.81. The van der Waals surface area contributed by atoms with E-state index in [1.165, 1.54) is 5.56 Å². The smallest absolute Gasteiger partial charge is 0.230 e. The molecule has 1 N–H and O–H groups in total. The molecule has 6 nitrogen and oxygen atoms in total. The van der Waals surface area contributed by atoms with E-state index in [0.29, 0.717) is 25.3 Å². The fraction of sp³-hybridized carbons (Fsp3) is 0.353. The Labute approximate surface area is 135 Å². The number of hydrogen-bond acceptors (Lipinski definition) is 4. The second kappa shape index (κ2) is 6.53. The molecule has 0 aliphatic carbocycles. The SMILES string of the molecule is C[C@H](c1ccccc1)n1cnc(NC(=O)C2CCN(C#N)C2)c1. The Morgan fingerprint density at radius 3 is 2.91 bits per heavy atom. The van der Waals surface area contributed by atoms with Crippen molar-refractivity contribution >= 4 is 11.7 Å². The third-order valence-corrected chi connectivity index (χ3v) is 4.28. The van der Waals surface area contributed by atoms with Gasteiger partial charge in [-0.05, 0) is 18.9 Å². The zero-order valence-electron chi connectivity index (χ0n) is 13.0. The number of imidazole rings is 1. The van der Waals surface area contributed by atoms with Crippen LogP contribution in [-0.2, 0) is 4.79 Å². The number of aromatic nitrogens is 2. The Balaban J connectivity index is 1.64. The molecular formula is C17H19N5O. The highest BCUT2D eigenvalue weighted by atomic mass is 16.2. The van der Waals surface area contributed by atoms with Gasteiger partial charge in [0.2, 0.25) is 5.91 Å². The lowest BCUT2D eigenvalue weighted by atomic mass is 10.1. The maximum Gasteiger partial charge on any atom is 0.230 e. The Hall–Kier alpha value is -2.81. The monoisotopic (exact) mass is 309 g/mol. The Kier molecular flexibility index (Phi) is 4.29. The predicted molar refractivity (Wildman–Crippen MR) is 86.4 cm³/mol. The topological polar surface area (TPSA) is 74.0 Å². The normalized spacial score (nSPS) is 18.4. The zero-order valence-corrected chi connectivity index (χ0v) is 13.0. The van der Waals surface area contributed by atoms with E-state index in [1.54, 1.807) is 11.2 Å². The molecule has 1 aromatic carbocycles. The number of nitrogens with one attached hydrogen (secondary N) is 1. The van der Waals surface area contributed by atoms with Gasteiger partial charge >= 0.3 is 0 Å². The quantitative estimate of drug-likeness (QED) is 0.879. The molecule has 1 aliphatic heterocycles. The van der Waals surface area contributed by atoms with Gasteiger partial charge in [0, 0.05) is 19.3 Å². The number of nitriles is 1. The van der Waals surface area contributed by atoms with Gasteiger partial charge in [-0.1, -0.05) is 30.3 Å². The van der Waals surface area contributed by atoms with E-state index in [2.05, 4.69) is 35.6 Å². The van der Waals surface area contributed by atoms with Crippen molar-refractivity contribution in [3.8, 4) is 6.19 Å². The summed E-state index contributed by atoms with van der Waals surface area (Å²) in [6.07, 6.45) is 6.36. The fourth-order valence-corrected chi connectivity index (χ4v) is 2.81. The average Bonchev–Trinajstić information content (AvgIpc) is 3.24. The minimum atomic E-state index is -0.147. The van der Waals surface area contributed by atoms with Gasteiger partial charge in [0.05, 0.1) is 18.3 Å². The standard InChI is InChI=1S/C17H19N5O/c1-13(14-5-3-2-4-6-14)22-10-16(19-12-22)20-17(23)15-7-8-21(9-15)11-18/h2-6,10,12-13,15H,7-9H2,1H3,(H,20,23)/t13-,15?/m1/s1. The van der Waals surface area contributed by atoms with Crippen LogP contribution in [0, 0.1) is 17.4 Å². The van der Waals surface area contributed by atoms with E-state index in [9.17, 15) is 4.79 Å². The van der Waals surface area contributed by atoms with Crippen molar-refractivity contribution in [1.82, 2.24) is 14.5 Å². The van der Waals surface area contributed by atoms with Crippen LogP contribution in [0.4, 0.5) is 5.82 Å². The molecule has 2 heterocycles. The van der Waals surface area contributed by atoms with Crippen LogP contribution in [0.1, 0.15) is 24.9 Å². The predicted octanol–water partition coefficient (Wildman–Crippen LogP) is 2.23. The van der Waals surface area contributed by atoms with Gasteiger partial charge in [0.1, 0.15) is 0 Å². The summed E-state index contributed by atoms with van der Waals surface area (Å²) in [5.74, 6) is 0.333. The van der Waals surface area contributed by atoms with E-state index in [-0.39, 0.29) is 17.9 Å². The van der Waals surface area contributed by atoms with E-state index in [4.69, 9.17) is 5.26 Å². The summed E-state index contributed by atoms with van der Waals surface area (Å²) in [4.78, 5) is 18.1. The second-order valence-electron chi connectivity index (χ2n) is 5.81. The van der Waals surface area contributed by atoms with Crippen molar-refractivity contribution in [3.63, 3.8) is 0 Å². The molecule has 1 aliphatic rings. The lowest BCUT2D eigenvalue weighted by Gasteiger charge is -2.13. The molecule has 1 unspecified atom stereocenters. The van der Waals surface area contributed by atoms with Gasteiger partial charge in [0.15, 0.2) is 12.0 Å². The Morgan fingerprint density at radius 2 is 2.22 bits per heavy atom. The Bertz CT molecular complexity index is 718. The summed E-state index contributed by atoms with van der Waals surface area (Å²) < 4.78 is 1.97. The van der Waals surface area contributed by atoms with Crippen LogP contribution in [0.3, 0.4) is 0 Å². The van der Waals surface area contributed by atoms with E-state index < -0.39 is 0 Å². The number of amides is 1. The molecule has 23 heavy (non-hydrogen) atoms. The number of likely N-dealkylation sites (tertiary alicyclic amines) is 1. The first-order chi connectivity index (χ1) is 11.2. The third-order valence-electron chi connectivity index (χ3n) is 4.28. The van der Waals surface area contributed by atoms with Crippen molar-refractivity contribution < 1.29 is 4.79 Å². The summed E-state index contributed by atoms with van der Waals surface area (Å²) >= 11 is 0. The van der Waals surface area contributed by atoms with Gasteiger partial charge in [-0.2, -0.15) is 5.26 Å². The number of carbonyl (C=O) groups is 1. The van der Waals surface area contributed by atoms with E-state index in [0.717, 1.165) is 0 Å². The van der Waals surface area contributed by atoms with Gasteiger partial charge in [-0.25, -0.2) is 4.98 Å². The average molecular weight is 309 g/mol. The van der Waals surface area contributed by atoms with E-state index in [1.807, 2.05) is 29.0 Å². The summed E-state index contributed by atoms with van der Waals surface area (Å²) in [5.41, 5.74) is 1.18. The molecule has 1 saturated heterocycles. The van der Waals surface area contributed by atoms with Crippen molar-refractivity contribution in [2.45, 2.75) is 19.4 Å². The van der Waals surface area contributed by atoms with Gasteiger partial charge in [-0.15, -0.1) is 0 Å². The summed E-state index contributed by atoms with van der Waals surface area (Å²) in [5, 5.41) is 11.7. The first-order valence-corrected chi connectivity index (χ1v) is 7.71. The first kappa shape index (κ1) is 15.1. The van der Waals surface area contributed by atoms with Crippen LogP contribution in [0.25, 0.3) is 0 Å². The van der Waals surface area contributed by atoms with Crippen molar-refractivity contribution in [2.75, 3.05) is 18.4 Å². The Morgan fingerprint density at radius 1 is 1.43 bits per heavy atom. The van der Waals surface area contributed by atoms with Crippen LogP contribution >= 0.6 is 0 Å². The van der Waals surface area contributed by atoms with Gasteiger partial charge in [-0.3, -0.25) is 4.79 Å². The molecule has 118 valence electrons. The number of nitrogens with zero attached hydrogens (tertiary/aromatic N) is 4. The molecule has 0 saturated carbocycles. The minimum absolute atomic E-state index is 0.0691. The molecule has 1 aromatic heterocycles. The first-order valence-electron chi connectivity index (χ1n) is 7.71. The number of benzene rings is 1.